The maximum absolute atomic E-state index is 12.0. The molecule has 1 aromatic rings. The van der Waals surface area contributed by atoms with Gasteiger partial charge in [0.1, 0.15) is 0 Å². The fraction of sp³-hybridized carbons (Fsp3) is 0.357. The van der Waals surface area contributed by atoms with E-state index in [1.165, 1.54) is 7.11 Å². The quantitative estimate of drug-likeness (QED) is 0.619. The molecular weight excluding hydrogens is 280 g/mol. The van der Waals surface area contributed by atoms with Gasteiger partial charge in [-0.25, -0.2) is 0 Å². The molecule has 0 radical (unpaired) electrons. The molecule has 0 N–H and O–H groups in total. The molecule has 17 heavy (non-hydrogen) atoms. The summed E-state index contributed by atoms with van der Waals surface area (Å²) in [7, 11) is 1.42. The van der Waals surface area contributed by atoms with Gasteiger partial charge >= 0.3 is 5.97 Å². The van der Waals surface area contributed by atoms with Gasteiger partial charge in [-0.05, 0) is 30.5 Å². The minimum atomic E-state index is -0.546. The summed E-state index contributed by atoms with van der Waals surface area (Å²) in [5.74, 6) is 2.68. The number of rotatable bonds is 2. The summed E-state index contributed by atoms with van der Waals surface area (Å²) in [6, 6.07) is 7.77. The molecule has 0 heterocycles. The van der Waals surface area contributed by atoms with Crippen molar-refractivity contribution in [2.75, 3.05) is 7.11 Å². The van der Waals surface area contributed by atoms with Crippen molar-refractivity contribution in [1.29, 1.82) is 0 Å². The second-order valence-corrected chi connectivity index (χ2v) is 5.27. The monoisotopic (exact) mass is 292 g/mol. The lowest BCUT2D eigenvalue weighted by atomic mass is 9.59. The highest BCUT2D eigenvalue weighted by Crippen LogP contribution is 2.48. The van der Waals surface area contributed by atoms with E-state index in [2.05, 4.69) is 21.9 Å². The van der Waals surface area contributed by atoms with Crippen LogP contribution in [0.5, 0.6) is 0 Å². The molecule has 0 unspecified atom stereocenters. The summed E-state index contributed by atoms with van der Waals surface area (Å²) < 4.78 is 5.88. The summed E-state index contributed by atoms with van der Waals surface area (Å²) in [4.78, 5) is 12.0. The third-order valence-electron chi connectivity index (χ3n) is 3.38. The summed E-state index contributed by atoms with van der Waals surface area (Å²) in [6.45, 7) is 0. The standard InChI is InChI=1S/C14H13BrO2/c1-3-10-8-14(9-10,13(16)17-2)11-5-4-6-12(15)7-11/h1,4-7,10H,8-9H2,2H3. The second kappa shape index (κ2) is 4.54. The molecule has 0 atom stereocenters. The lowest BCUT2D eigenvalue weighted by Gasteiger charge is -2.43. The van der Waals surface area contributed by atoms with E-state index in [1.54, 1.807) is 0 Å². The van der Waals surface area contributed by atoms with E-state index in [9.17, 15) is 4.79 Å². The molecule has 0 bridgehead atoms. The van der Waals surface area contributed by atoms with Crippen LogP contribution in [0.4, 0.5) is 0 Å². The van der Waals surface area contributed by atoms with Gasteiger partial charge in [-0.15, -0.1) is 12.3 Å². The Bertz CT molecular complexity index is 481. The SMILES string of the molecule is C#CC1CC(C(=O)OC)(c2cccc(Br)c2)C1. The Hall–Kier alpha value is -1.27. The van der Waals surface area contributed by atoms with Crippen LogP contribution in [0.3, 0.4) is 0 Å². The molecule has 1 aliphatic rings. The summed E-state index contributed by atoms with van der Waals surface area (Å²) in [5.41, 5.74) is 0.431. The van der Waals surface area contributed by atoms with E-state index >= 15 is 0 Å². The lowest BCUT2D eigenvalue weighted by Crippen LogP contribution is -2.48. The average Bonchev–Trinajstić information content (AvgIpc) is 2.28. The third kappa shape index (κ3) is 1.98. The molecule has 88 valence electrons. The lowest BCUT2D eigenvalue weighted by molar-refractivity contribution is -0.152. The summed E-state index contributed by atoms with van der Waals surface area (Å²) in [6.07, 6.45) is 6.74. The van der Waals surface area contributed by atoms with Gasteiger partial charge in [0.2, 0.25) is 0 Å². The molecule has 1 aromatic carbocycles. The van der Waals surface area contributed by atoms with Crippen LogP contribution in [-0.2, 0) is 14.9 Å². The van der Waals surface area contributed by atoms with Crippen LogP contribution >= 0.6 is 15.9 Å². The highest BCUT2D eigenvalue weighted by molar-refractivity contribution is 9.10. The number of carbonyl (C=O) groups excluding carboxylic acids is 1. The van der Waals surface area contributed by atoms with Crippen LogP contribution < -0.4 is 0 Å². The topological polar surface area (TPSA) is 26.3 Å². The molecule has 1 fully saturated rings. The number of hydrogen-bond acceptors (Lipinski definition) is 2. The third-order valence-corrected chi connectivity index (χ3v) is 3.87. The van der Waals surface area contributed by atoms with E-state index in [-0.39, 0.29) is 11.9 Å². The number of esters is 1. The zero-order valence-electron chi connectivity index (χ0n) is 9.57. The van der Waals surface area contributed by atoms with Gasteiger partial charge in [0.25, 0.3) is 0 Å². The Labute approximate surface area is 109 Å². The van der Waals surface area contributed by atoms with Crippen LogP contribution in [0, 0.1) is 18.3 Å². The van der Waals surface area contributed by atoms with Crippen LogP contribution in [0.15, 0.2) is 28.7 Å². The number of hydrogen-bond donors (Lipinski definition) is 0. The molecule has 2 rings (SSSR count). The zero-order valence-corrected chi connectivity index (χ0v) is 11.2. The number of ether oxygens (including phenoxy) is 1. The van der Waals surface area contributed by atoms with E-state index in [0.717, 1.165) is 10.0 Å². The van der Waals surface area contributed by atoms with Crippen molar-refractivity contribution < 1.29 is 9.53 Å². The molecule has 0 amide bonds. The van der Waals surface area contributed by atoms with Crippen molar-refractivity contribution in [2.24, 2.45) is 5.92 Å². The zero-order chi connectivity index (χ0) is 12.5. The van der Waals surface area contributed by atoms with Crippen LogP contribution in [0.2, 0.25) is 0 Å². The molecule has 0 spiro atoms. The van der Waals surface area contributed by atoms with Crippen LogP contribution in [-0.4, -0.2) is 13.1 Å². The van der Waals surface area contributed by atoms with Crippen molar-refractivity contribution in [2.45, 2.75) is 18.3 Å². The van der Waals surface area contributed by atoms with Crippen LogP contribution in [0.1, 0.15) is 18.4 Å². The first-order valence-electron chi connectivity index (χ1n) is 5.43. The van der Waals surface area contributed by atoms with Gasteiger partial charge < -0.3 is 4.74 Å². The first kappa shape index (κ1) is 12.2. The number of carbonyl (C=O) groups is 1. The first-order chi connectivity index (χ1) is 8.12. The summed E-state index contributed by atoms with van der Waals surface area (Å²) >= 11 is 3.42. The Balaban J connectivity index is 2.37. The molecule has 0 aliphatic heterocycles. The van der Waals surface area contributed by atoms with E-state index in [4.69, 9.17) is 11.2 Å². The van der Waals surface area contributed by atoms with Crippen molar-refractivity contribution in [1.82, 2.24) is 0 Å². The Morgan fingerprint density at radius 2 is 2.29 bits per heavy atom. The molecule has 3 heteroatoms. The van der Waals surface area contributed by atoms with E-state index in [1.807, 2.05) is 24.3 Å². The first-order valence-corrected chi connectivity index (χ1v) is 6.22. The molecular formula is C14H13BrO2. The van der Waals surface area contributed by atoms with Gasteiger partial charge in [0.05, 0.1) is 12.5 Å². The predicted octanol–water partition coefficient (Wildman–Crippen LogP) is 2.90. The van der Waals surface area contributed by atoms with Gasteiger partial charge in [-0.2, -0.15) is 0 Å². The number of benzene rings is 1. The minimum Gasteiger partial charge on any atom is -0.468 e. The summed E-state index contributed by atoms with van der Waals surface area (Å²) in [5, 5.41) is 0. The Kier molecular flexibility index (Phi) is 3.26. The van der Waals surface area contributed by atoms with E-state index < -0.39 is 5.41 Å². The Morgan fingerprint density at radius 3 is 2.82 bits per heavy atom. The Morgan fingerprint density at radius 1 is 1.59 bits per heavy atom. The number of terminal acetylenes is 1. The van der Waals surface area contributed by atoms with Gasteiger partial charge in [0, 0.05) is 10.4 Å². The predicted molar refractivity (Wildman–Crippen MR) is 69.4 cm³/mol. The fourth-order valence-electron chi connectivity index (χ4n) is 2.40. The van der Waals surface area contributed by atoms with Crippen LogP contribution in [0.25, 0.3) is 0 Å². The highest BCUT2D eigenvalue weighted by atomic mass is 79.9. The molecule has 0 saturated heterocycles. The van der Waals surface area contributed by atoms with Crippen molar-refractivity contribution in [3.05, 3.63) is 34.3 Å². The van der Waals surface area contributed by atoms with Crippen molar-refractivity contribution in [3.8, 4) is 12.3 Å². The average molecular weight is 293 g/mol. The van der Waals surface area contributed by atoms with Gasteiger partial charge in [-0.3, -0.25) is 4.79 Å². The highest BCUT2D eigenvalue weighted by Gasteiger charge is 2.51. The van der Waals surface area contributed by atoms with Crippen molar-refractivity contribution in [3.63, 3.8) is 0 Å². The maximum atomic E-state index is 12.0. The largest absolute Gasteiger partial charge is 0.468 e. The van der Waals surface area contributed by atoms with Gasteiger partial charge in [0.15, 0.2) is 0 Å². The molecule has 1 aliphatic carbocycles. The van der Waals surface area contributed by atoms with E-state index in [0.29, 0.717) is 12.8 Å². The fourth-order valence-corrected chi connectivity index (χ4v) is 2.80. The van der Waals surface area contributed by atoms with Gasteiger partial charge in [-0.1, -0.05) is 28.1 Å². The normalized spacial score (nSPS) is 26.8. The number of methoxy groups -OCH3 is 1. The minimum absolute atomic E-state index is 0.174. The molecule has 1 saturated carbocycles. The molecule has 2 nitrogen and oxygen atoms in total. The maximum Gasteiger partial charge on any atom is 0.316 e. The second-order valence-electron chi connectivity index (χ2n) is 4.36. The smallest absolute Gasteiger partial charge is 0.316 e. The van der Waals surface area contributed by atoms with Crippen molar-refractivity contribution >= 4 is 21.9 Å². The molecule has 0 aromatic heterocycles. The number of halogens is 1.